The van der Waals surface area contributed by atoms with Gasteiger partial charge in [0.15, 0.2) is 0 Å². The Hall–Kier alpha value is -3.85. The number of carbonyl (C=O) groups is 2. The molecule has 0 heterocycles. The Kier molecular flexibility index (Phi) is 10.5. The minimum Gasteiger partial charge on any atom is -0.457 e. The van der Waals surface area contributed by atoms with E-state index in [0.717, 1.165) is 22.5 Å². The van der Waals surface area contributed by atoms with Crippen molar-refractivity contribution in [3.8, 4) is 11.5 Å². The molecule has 0 aromatic heterocycles. The van der Waals surface area contributed by atoms with Gasteiger partial charge < -0.3 is 15.0 Å². The van der Waals surface area contributed by atoms with E-state index in [9.17, 15) is 18.0 Å². The normalized spacial score (nSPS) is 12.7. The summed E-state index contributed by atoms with van der Waals surface area (Å²) in [6.07, 6.45) is 2.34. The first-order chi connectivity index (χ1) is 18.6. The Labute approximate surface area is 231 Å². The molecule has 39 heavy (non-hydrogen) atoms. The predicted molar refractivity (Wildman–Crippen MR) is 154 cm³/mol. The summed E-state index contributed by atoms with van der Waals surface area (Å²) in [7, 11) is -3.81. The zero-order chi connectivity index (χ0) is 28.4. The first-order valence-corrected chi connectivity index (χ1v) is 14.9. The van der Waals surface area contributed by atoms with Gasteiger partial charge >= 0.3 is 0 Å². The van der Waals surface area contributed by atoms with Crippen LogP contribution in [0.25, 0.3) is 0 Å². The van der Waals surface area contributed by atoms with Crippen LogP contribution in [0.3, 0.4) is 0 Å². The number of para-hydroxylation sites is 1. The van der Waals surface area contributed by atoms with Crippen molar-refractivity contribution in [2.45, 2.75) is 45.7 Å². The van der Waals surface area contributed by atoms with E-state index in [2.05, 4.69) is 5.32 Å². The van der Waals surface area contributed by atoms with Crippen molar-refractivity contribution < 1.29 is 22.7 Å². The van der Waals surface area contributed by atoms with Crippen LogP contribution >= 0.6 is 0 Å². The number of anilines is 1. The molecule has 8 nitrogen and oxygen atoms in total. The van der Waals surface area contributed by atoms with Crippen molar-refractivity contribution in [2.75, 3.05) is 23.7 Å². The van der Waals surface area contributed by atoms with Gasteiger partial charge in [0.2, 0.25) is 21.8 Å². The topological polar surface area (TPSA) is 96.0 Å². The van der Waals surface area contributed by atoms with E-state index in [4.69, 9.17) is 4.74 Å². The van der Waals surface area contributed by atoms with Crippen LogP contribution in [0.1, 0.15) is 32.8 Å². The van der Waals surface area contributed by atoms with E-state index in [-0.39, 0.29) is 18.5 Å². The number of rotatable bonds is 13. The number of ether oxygens (including phenoxy) is 1. The summed E-state index contributed by atoms with van der Waals surface area (Å²) in [6.45, 7) is 5.36. The molecule has 0 aliphatic carbocycles. The minimum absolute atomic E-state index is 0.0461. The third-order valence-electron chi connectivity index (χ3n) is 6.44. The van der Waals surface area contributed by atoms with Gasteiger partial charge in [-0.3, -0.25) is 13.9 Å². The zero-order valence-electron chi connectivity index (χ0n) is 22.9. The van der Waals surface area contributed by atoms with Gasteiger partial charge in [-0.25, -0.2) is 8.42 Å². The Morgan fingerprint density at radius 3 is 2.00 bits per heavy atom. The number of nitrogens with zero attached hydrogens (tertiary/aromatic N) is 2. The van der Waals surface area contributed by atoms with Crippen LogP contribution in [0, 0.1) is 0 Å². The van der Waals surface area contributed by atoms with Crippen molar-refractivity contribution in [2.24, 2.45) is 0 Å². The van der Waals surface area contributed by atoms with E-state index < -0.39 is 28.5 Å². The van der Waals surface area contributed by atoms with Crippen LogP contribution in [0.5, 0.6) is 11.5 Å². The molecule has 0 aliphatic rings. The highest BCUT2D eigenvalue weighted by Gasteiger charge is 2.30. The summed E-state index contributed by atoms with van der Waals surface area (Å²) in [5.74, 6) is 0.440. The Bertz CT molecular complexity index is 1320. The minimum atomic E-state index is -3.81. The molecule has 0 aliphatic heterocycles. The van der Waals surface area contributed by atoms with Gasteiger partial charge in [0.1, 0.15) is 24.1 Å². The van der Waals surface area contributed by atoms with E-state index in [1.54, 1.807) is 31.2 Å². The van der Waals surface area contributed by atoms with E-state index in [1.807, 2.05) is 74.5 Å². The molecule has 0 spiro atoms. The lowest BCUT2D eigenvalue weighted by Crippen LogP contribution is -2.53. The highest BCUT2D eigenvalue weighted by molar-refractivity contribution is 7.92. The SMILES string of the molecule is CC[C@@H](C)NC(=O)[C@@H](C)N(CCc1ccccc1)C(=O)CN(c1ccc(Oc2ccccc2)cc1)S(C)(=O)=O. The van der Waals surface area contributed by atoms with Gasteiger partial charge in [-0.05, 0) is 68.7 Å². The molecule has 0 saturated heterocycles. The number of amides is 2. The number of nitrogens with one attached hydrogen (secondary N) is 1. The third-order valence-corrected chi connectivity index (χ3v) is 7.58. The van der Waals surface area contributed by atoms with Crippen molar-refractivity contribution >= 4 is 27.5 Å². The molecule has 3 aromatic carbocycles. The molecular weight excluding hydrogens is 514 g/mol. The average Bonchev–Trinajstić information content (AvgIpc) is 2.92. The molecule has 0 radical (unpaired) electrons. The lowest BCUT2D eigenvalue weighted by atomic mass is 10.1. The van der Waals surface area contributed by atoms with Crippen molar-refractivity contribution in [1.82, 2.24) is 10.2 Å². The highest BCUT2D eigenvalue weighted by atomic mass is 32.2. The second-order valence-corrected chi connectivity index (χ2v) is 11.4. The summed E-state index contributed by atoms with van der Waals surface area (Å²) >= 11 is 0. The summed E-state index contributed by atoms with van der Waals surface area (Å²) in [5.41, 5.74) is 1.34. The monoisotopic (exact) mass is 551 g/mol. The maximum atomic E-state index is 13.6. The fourth-order valence-corrected chi connectivity index (χ4v) is 4.80. The van der Waals surface area contributed by atoms with Gasteiger partial charge in [0.05, 0.1) is 11.9 Å². The summed E-state index contributed by atoms with van der Waals surface area (Å²) in [5, 5.41) is 2.93. The van der Waals surface area contributed by atoms with Crippen molar-refractivity contribution in [1.29, 1.82) is 0 Å². The largest absolute Gasteiger partial charge is 0.457 e. The second-order valence-electron chi connectivity index (χ2n) is 9.50. The van der Waals surface area contributed by atoms with Crippen LogP contribution < -0.4 is 14.4 Å². The molecule has 0 unspecified atom stereocenters. The summed E-state index contributed by atoms with van der Waals surface area (Å²) in [6, 6.07) is 24.5. The second kappa shape index (κ2) is 13.8. The molecule has 0 saturated carbocycles. The third kappa shape index (κ3) is 8.85. The average molecular weight is 552 g/mol. The summed E-state index contributed by atoms with van der Waals surface area (Å²) in [4.78, 5) is 28.0. The Morgan fingerprint density at radius 2 is 1.44 bits per heavy atom. The number of sulfonamides is 1. The fraction of sp³-hybridized carbons (Fsp3) is 0.333. The quantitative estimate of drug-likeness (QED) is 0.335. The molecular formula is C30H37N3O5S. The van der Waals surface area contributed by atoms with Crippen molar-refractivity contribution in [3.05, 3.63) is 90.5 Å². The van der Waals surface area contributed by atoms with Crippen LogP contribution in [0.2, 0.25) is 0 Å². The number of carbonyl (C=O) groups excluding carboxylic acids is 2. The summed E-state index contributed by atoms with van der Waals surface area (Å²) < 4.78 is 32.4. The van der Waals surface area contributed by atoms with Crippen LogP contribution in [-0.4, -0.2) is 56.6 Å². The first kappa shape index (κ1) is 29.7. The molecule has 3 aromatic rings. The molecule has 0 bridgehead atoms. The van der Waals surface area contributed by atoms with E-state index >= 15 is 0 Å². The van der Waals surface area contributed by atoms with Gasteiger partial charge in [-0.1, -0.05) is 55.5 Å². The lowest BCUT2D eigenvalue weighted by molar-refractivity contribution is -0.139. The number of benzene rings is 3. The van der Waals surface area contributed by atoms with Gasteiger partial charge in [-0.15, -0.1) is 0 Å². The predicted octanol–water partition coefficient (Wildman–Crippen LogP) is 4.62. The smallest absolute Gasteiger partial charge is 0.244 e. The highest BCUT2D eigenvalue weighted by Crippen LogP contribution is 2.25. The van der Waals surface area contributed by atoms with Gasteiger partial charge in [-0.2, -0.15) is 0 Å². The molecule has 2 atom stereocenters. The first-order valence-electron chi connectivity index (χ1n) is 13.0. The van der Waals surface area contributed by atoms with Gasteiger partial charge in [0.25, 0.3) is 0 Å². The fourth-order valence-electron chi connectivity index (χ4n) is 3.95. The van der Waals surface area contributed by atoms with E-state index in [1.165, 1.54) is 4.90 Å². The number of hydrogen-bond acceptors (Lipinski definition) is 5. The maximum Gasteiger partial charge on any atom is 0.244 e. The van der Waals surface area contributed by atoms with Gasteiger partial charge in [0, 0.05) is 12.6 Å². The molecule has 208 valence electrons. The lowest BCUT2D eigenvalue weighted by Gasteiger charge is -2.32. The van der Waals surface area contributed by atoms with E-state index in [0.29, 0.717) is 23.6 Å². The van der Waals surface area contributed by atoms with Crippen molar-refractivity contribution in [3.63, 3.8) is 0 Å². The molecule has 3 rings (SSSR count). The van der Waals surface area contributed by atoms with Crippen LogP contribution in [0.4, 0.5) is 5.69 Å². The maximum absolute atomic E-state index is 13.6. The Balaban J connectivity index is 1.81. The van der Waals surface area contributed by atoms with Crippen LogP contribution in [-0.2, 0) is 26.0 Å². The molecule has 1 N–H and O–H groups in total. The Morgan fingerprint density at radius 1 is 0.872 bits per heavy atom. The zero-order valence-corrected chi connectivity index (χ0v) is 23.7. The molecule has 9 heteroatoms. The molecule has 0 fully saturated rings. The standard InChI is InChI=1S/C30H37N3O5S/c1-5-23(2)31-30(35)24(3)32(21-20-25-12-8-6-9-13-25)29(34)22-33(39(4,36)37)26-16-18-28(19-17-26)38-27-14-10-7-11-15-27/h6-19,23-24H,5,20-22H2,1-4H3,(H,31,35)/t23-,24-/m1/s1. The van der Waals surface area contributed by atoms with Crippen LogP contribution in [0.15, 0.2) is 84.9 Å². The number of hydrogen-bond donors (Lipinski definition) is 1. The molecule has 2 amide bonds.